The highest BCUT2D eigenvalue weighted by molar-refractivity contribution is 5.94. The number of nitrogen functional groups attached to an aromatic ring is 2. The first kappa shape index (κ1) is 43.1. The standard InChI is InChI=1S/C25H21N5O2.C17H14N2O2.C8H9N3O/c1-15-8-19-9-16(3-5-22(19)28-13-15)10-20-12-18(6-7-27-20)25(31)29-14-17-2-4-21-23(11-17)32-30-24(21)26;1-11-6-14-7-12(2-3-16(14)19-10-11)8-15-9-13(17(20)21)4-5-18-15;9-4-5-1-2-7-6(3-5)8(10)11-12-7/h2-9,11-13H,10,14H2,1H3,(H2,26,30)(H,29,31);2-7,9-10H,8H2,1H3,(H,20,21);1-3H,4,9H2,(H2,10,11). The van der Waals surface area contributed by atoms with Crippen LogP contribution in [0.2, 0.25) is 0 Å². The molecule has 6 aromatic heterocycles. The Morgan fingerprint density at radius 1 is 0.585 bits per heavy atom. The highest BCUT2D eigenvalue weighted by atomic mass is 16.5. The number of amides is 1. The van der Waals surface area contributed by atoms with E-state index >= 15 is 0 Å². The number of aromatic nitrogens is 6. The van der Waals surface area contributed by atoms with Gasteiger partial charge in [-0.05, 0) is 132 Å². The summed E-state index contributed by atoms with van der Waals surface area (Å²) in [6.07, 6.45) is 8.15. The van der Waals surface area contributed by atoms with Crippen LogP contribution in [0.3, 0.4) is 0 Å². The van der Waals surface area contributed by atoms with Gasteiger partial charge in [-0.3, -0.25) is 24.7 Å². The molecule has 0 fully saturated rings. The fourth-order valence-corrected chi connectivity index (χ4v) is 7.17. The second-order valence-electron chi connectivity index (χ2n) is 15.5. The van der Waals surface area contributed by atoms with Crippen LogP contribution in [0.15, 0.2) is 143 Å². The maximum absolute atomic E-state index is 12.7. The molecule has 0 aliphatic heterocycles. The zero-order valence-corrected chi connectivity index (χ0v) is 35.5. The third-order valence-corrected chi connectivity index (χ3v) is 10.5. The number of nitrogens with zero attached hydrogens (tertiary/aromatic N) is 6. The normalized spacial score (nSPS) is 10.9. The number of carboxylic acid groups (broad SMARTS) is 1. The van der Waals surface area contributed by atoms with Crippen LogP contribution in [-0.4, -0.2) is 47.2 Å². The maximum atomic E-state index is 12.7. The van der Waals surface area contributed by atoms with E-state index in [1.54, 1.807) is 18.3 Å². The van der Waals surface area contributed by atoms with E-state index in [0.29, 0.717) is 54.3 Å². The van der Waals surface area contributed by atoms with Crippen LogP contribution in [0.5, 0.6) is 0 Å². The fourth-order valence-electron chi connectivity index (χ4n) is 7.17. The van der Waals surface area contributed by atoms with Crippen molar-refractivity contribution < 1.29 is 23.7 Å². The number of pyridine rings is 4. The Morgan fingerprint density at radius 3 is 1.75 bits per heavy atom. The van der Waals surface area contributed by atoms with E-state index in [-0.39, 0.29) is 11.5 Å². The Hall–Kier alpha value is -8.56. The van der Waals surface area contributed by atoms with Crippen LogP contribution in [0.4, 0.5) is 11.6 Å². The van der Waals surface area contributed by atoms with E-state index in [9.17, 15) is 9.59 Å². The third kappa shape index (κ3) is 10.6. The number of rotatable bonds is 9. The van der Waals surface area contributed by atoms with Crippen molar-refractivity contribution in [3.8, 4) is 0 Å². The summed E-state index contributed by atoms with van der Waals surface area (Å²) in [5.74, 6) is -0.320. The number of nitrogens with two attached hydrogens (primary N) is 3. The molecule has 0 saturated carbocycles. The molecule has 0 spiro atoms. The molecule has 324 valence electrons. The van der Waals surface area contributed by atoms with Gasteiger partial charge in [0.1, 0.15) is 0 Å². The summed E-state index contributed by atoms with van der Waals surface area (Å²) in [5, 5.41) is 23.1. The molecule has 0 bridgehead atoms. The van der Waals surface area contributed by atoms with Crippen LogP contribution in [0.25, 0.3) is 43.7 Å². The van der Waals surface area contributed by atoms with Crippen molar-refractivity contribution in [2.24, 2.45) is 5.73 Å². The van der Waals surface area contributed by atoms with Crippen molar-refractivity contribution in [1.29, 1.82) is 0 Å². The second-order valence-corrected chi connectivity index (χ2v) is 15.5. The van der Waals surface area contributed by atoms with Crippen LogP contribution >= 0.6 is 0 Å². The molecule has 10 rings (SSSR count). The molecule has 15 nitrogen and oxygen atoms in total. The van der Waals surface area contributed by atoms with Gasteiger partial charge in [0.15, 0.2) is 22.8 Å². The van der Waals surface area contributed by atoms with Gasteiger partial charge in [0.2, 0.25) is 0 Å². The van der Waals surface area contributed by atoms with E-state index in [0.717, 1.165) is 77.3 Å². The van der Waals surface area contributed by atoms with Crippen molar-refractivity contribution in [2.75, 3.05) is 11.5 Å². The average Bonchev–Trinajstić information content (AvgIpc) is 3.88. The molecule has 0 radical (unpaired) electrons. The fraction of sp³-hybridized carbons (Fsp3) is 0.120. The molecular formula is C50H44N10O5. The van der Waals surface area contributed by atoms with Crippen molar-refractivity contribution in [2.45, 2.75) is 39.8 Å². The van der Waals surface area contributed by atoms with Crippen LogP contribution < -0.4 is 22.5 Å². The molecule has 0 atom stereocenters. The van der Waals surface area contributed by atoms with Gasteiger partial charge in [-0.25, -0.2) is 4.79 Å². The van der Waals surface area contributed by atoms with Crippen LogP contribution in [0, 0.1) is 13.8 Å². The Morgan fingerprint density at radius 2 is 1.14 bits per heavy atom. The van der Waals surface area contributed by atoms with Crippen LogP contribution in [-0.2, 0) is 25.9 Å². The Labute approximate surface area is 372 Å². The number of carbonyl (C=O) groups is 2. The minimum atomic E-state index is -0.933. The number of benzene rings is 4. The molecule has 15 heteroatoms. The molecule has 0 saturated heterocycles. The number of hydrogen-bond acceptors (Lipinski definition) is 13. The Kier molecular flexibility index (Phi) is 12.8. The summed E-state index contributed by atoms with van der Waals surface area (Å²) in [6.45, 7) is 4.91. The third-order valence-electron chi connectivity index (χ3n) is 10.5. The van der Waals surface area contributed by atoms with Crippen molar-refractivity contribution in [1.82, 2.24) is 35.6 Å². The average molecular weight is 865 g/mol. The predicted octanol–water partition coefficient (Wildman–Crippen LogP) is 8.28. The minimum absolute atomic E-state index is 0.163. The highest BCUT2D eigenvalue weighted by Crippen LogP contribution is 2.23. The van der Waals surface area contributed by atoms with Gasteiger partial charge in [-0.15, -0.1) is 0 Å². The quantitative estimate of drug-likeness (QED) is 0.0916. The zero-order valence-electron chi connectivity index (χ0n) is 35.5. The first-order chi connectivity index (χ1) is 31.5. The number of carboxylic acids is 1. The number of carbonyl (C=O) groups excluding carboxylic acids is 1. The predicted molar refractivity (Wildman–Crippen MR) is 250 cm³/mol. The van der Waals surface area contributed by atoms with Crippen molar-refractivity contribution in [3.63, 3.8) is 0 Å². The first-order valence-corrected chi connectivity index (χ1v) is 20.6. The Bertz CT molecular complexity index is 3350. The molecule has 0 unspecified atom stereocenters. The molecule has 4 aromatic carbocycles. The summed E-state index contributed by atoms with van der Waals surface area (Å²) >= 11 is 0. The van der Waals surface area contributed by atoms with Gasteiger partial charge in [0.05, 0.1) is 27.4 Å². The van der Waals surface area contributed by atoms with E-state index in [1.807, 2.05) is 93.0 Å². The topological polar surface area (TPSA) is 248 Å². The van der Waals surface area contributed by atoms with E-state index in [2.05, 4.69) is 59.8 Å². The highest BCUT2D eigenvalue weighted by Gasteiger charge is 2.11. The minimum Gasteiger partial charge on any atom is -0.478 e. The lowest BCUT2D eigenvalue weighted by Gasteiger charge is -2.08. The summed E-state index contributed by atoms with van der Waals surface area (Å²) in [6, 6.07) is 34.3. The monoisotopic (exact) mass is 864 g/mol. The molecule has 8 N–H and O–H groups in total. The van der Waals surface area contributed by atoms with Crippen molar-refractivity contribution in [3.05, 3.63) is 190 Å². The zero-order chi connectivity index (χ0) is 45.5. The number of anilines is 2. The lowest BCUT2D eigenvalue weighted by atomic mass is 10.0. The molecule has 65 heavy (non-hydrogen) atoms. The van der Waals surface area contributed by atoms with E-state index in [1.165, 1.54) is 12.3 Å². The number of fused-ring (bicyclic) bond motifs is 4. The Balaban J connectivity index is 0.000000149. The van der Waals surface area contributed by atoms with Gasteiger partial charge in [-0.2, -0.15) is 0 Å². The largest absolute Gasteiger partial charge is 0.478 e. The van der Waals surface area contributed by atoms with E-state index in [4.69, 9.17) is 31.4 Å². The van der Waals surface area contributed by atoms with Gasteiger partial charge >= 0.3 is 5.97 Å². The molecule has 10 aromatic rings. The van der Waals surface area contributed by atoms with Crippen LogP contribution in [0.1, 0.15) is 65.5 Å². The van der Waals surface area contributed by atoms with E-state index < -0.39 is 5.97 Å². The van der Waals surface area contributed by atoms with Gasteiger partial charge in [0, 0.05) is 78.4 Å². The number of nitrogens with one attached hydrogen (secondary N) is 1. The maximum Gasteiger partial charge on any atom is 0.335 e. The smallest absolute Gasteiger partial charge is 0.335 e. The van der Waals surface area contributed by atoms with Gasteiger partial charge in [-0.1, -0.05) is 34.6 Å². The number of hydrogen-bond donors (Lipinski definition) is 5. The van der Waals surface area contributed by atoms with Gasteiger partial charge < -0.3 is 36.7 Å². The summed E-state index contributed by atoms with van der Waals surface area (Å²) in [5.41, 5.74) is 28.8. The first-order valence-electron chi connectivity index (χ1n) is 20.6. The lowest BCUT2D eigenvalue weighted by Crippen LogP contribution is -2.23. The summed E-state index contributed by atoms with van der Waals surface area (Å²) < 4.78 is 10.1. The molecule has 1 amide bonds. The molecule has 6 heterocycles. The second kappa shape index (κ2) is 19.2. The summed E-state index contributed by atoms with van der Waals surface area (Å²) in [7, 11) is 0. The SMILES string of the molecule is Cc1cnc2ccc(Cc3cc(C(=O)NCc4ccc5c(N)noc5c4)ccn3)cc2c1.Cc1cnc2ccc(Cc3cc(C(=O)O)ccn3)cc2c1.NCc1ccc2onc(N)c2c1. The number of aryl methyl sites for hydroxylation is 2. The number of aromatic carboxylic acids is 1. The van der Waals surface area contributed by atoms with Crippen molar-refractivity contribution >= 4 is 67.3 Å². The van der Waals surface area contributed by atoms with Gasteiger partial charge in [0.25, 0.3) is 5.91 Å². The summed E-state index contributed by atoms with van der Waals surface area (Å²) in [4.78, 5) is 41.2. The molecular weight excluding hydrogens is 821 g/mol. The lowest BCUT2D eigenvalue weighted by molar-refractivity contribution is 0.0696. The molecule has 0 aliphatic rings. The molecule has 0 aliphatic carbocycles.